The second-order valence-electron chi connectivity index (χ2n) is 7.83. The van der Waals surface area contributed by atoms with E-state index in [2.05, 4.69) is 32.4 Å². The van der Waals surface area contributed by atoms with Gasteiger partial charge in [0.15, 0.2) is 11.5 Å². The van der Waals surface area contributed by atoms with Gasteiger partial charge >= 0.3 is 0 Å². The minimum atomic E-state index is -0.126. The number of ether oxygens (including phenoxy) is 2. The maximum absolute atomic E-state index is 13.9. The summed E-state index contributed by atoms with van der Waals surface area (Å²) in [5, 5.41) is 12.2. The van der Waals surface area contributed by atoms with Crippen LogP contribution in [0.15, 0.2) is 36.9 Å². The van der Waals surface area contributed by atoms with E-state index >= 15 is 0 Å². The zero-order chi connectivity index (χ0) is 23.4. The number of anilines is 1. The van der Waals surface area contributed by atoms with Gasteiger partial charge in [-0.25, -0.2) is 9.97 Å². The number of benzene rings is 1. The Kier molecular flexibility index (Phi) is 6.93. The van der Waals surface area contributed by atoms with Gasteiger partial charge in [0.1, 0.15) is 5.69 Å². The molecule has 1 saturated heterocycles. The van der Waals surface area contributed by atoms with E-state index in [0.717, 1.165) is 12.8 Å². The number of nitrogens with one attached hydrogen (secondary N) is 1. The van der Waals surface area contributed by atoms with Crippen LogP contribution in [0.4, 0.5) is 5.95 Å². The van der Waals surface area contributed by atoms with Crippen LogP contribution in [0.2, 0.25) is 5.02 Å². The maximum Gasteiger partial charge on any atom is 0.256 e. The average Bonchev–Trinajstić information content (AvgIpc) is 3.37. The van der Waals surface area contributed by atoms with Crippen molar-refractivity contribution in [3.05, 3.63) is 47.5 Å². The van der Waals surface area contributed by atoms with Crippen molar-refractivity contribution in [2.75, 3.05) is 32.6 Å². The SMILES string of the molecule is COc1cc(C(=O)N2CCC[C@@H](C)[C@H]2CNc2ncc(Cl)cn2)c(-n2nccn2)cc1OC. The molecule has 0 unspecified atom stereocenters. The molecule has 1 aliphatic rings. The minimum absolute atomic E-state index is 0.0583. The molecule has 11 heteroatoms. The summed E-state index contributed by atoms with van der Waals surface area (Å²) in [7, 11) is 3.09. The third-order valence-electron chi connectivity index (χ3n) is 5.83. The molecule has 0 radical (unpaired) electrons. The number of likely N-dealkylation sites (tertiary alicyclic amines) is 1. The van der Waals surface area contributed by atoms with Crippen molar-refractivity contribution in [3.63, 3.8) is 0 Å². The molecule has 2 aromatic heterocycles. The molecule has 3 heterocycles. The molecule has 1 aliphatic heterocycles. The van der Waals surface area contributed by atoms with Crippen molar-refractivity contribution in [2.24, 2.45) is 5.92 Å². The summed E-state index contributed by atoms with van der Waals surface area (Å²) in [4.78, 5) is 25.6. The van der Waals surface area contributed by atoms with Crippen LogP contribution in [-0.4, -0.2) is 69.1 Å². The zero-order valence-electron chi connectivity index (χ0n) is 18.7. The lowest BCUT2D eigenvalue weighted by atomic mass is 9.90. The van der Waals surface area contributed by atoms with E-state index in [1.807, 2.05) is 4.90 Å². The Morgan fingerprint density at radius 1 is 1.15 bits per heavy atom. The van der Waals surface area contributed by atoms with Crippen LogP contribution in [-0.2, 0) is 0 Å². The van der Waals surface area contributed by atoms with E-state index in [4.69, 9.17) is 21.1 Å². The largest absolute Gasteiger partial charge is 0.493 e. The Hall–Kier alpha value is -3.40. The second kappa shape index (κ2) is 10.0. The fourth-order valence-electron chi connectivity index (χ4n) is 4.11. The fraction of sp³-hybridized carbons (Fsp3) is 0.409. The predicted molar refractivity (Wildman–Crippen MR) is 123 cm³/mol. The van der Waals surface area contributed by atoms with Crippen molar-refractivity contribution in [3.8, 4) is 17.2 Å². The number of nitrogens with zero attached hydrogens (tertiary/aromatic N) is 6. The van der Waals surface area contributed by atoms with E-state index in [9.17, 15) is 4.79 Å². The lowest BCUT2D eigenvalue weighted by Gasteiger charge is -2.40. The molecule has 0 saturated carbocycles. The summed E-state index contributed by atoms with van der Waals surface area (Å²) >= 11 is 5.88. The van der Waals surface area contributed by atoms with Gasteiger partial charge in [0.05, 0.1) is 55.6 Å². The smallest absolute Gasteiger partial charge is 0.256 e. The van der Waals surface area contributed by atoms with Crippen LogP contribution in [0.3, 0.4) is 0 Å². The number of piperidine rings is 1. The highest BCUT2D eigenvalue weighted by atomic mass is 35.5. The molecule has 4 rings (SSSR count). The number of amides is 1. The number of halogens is 1. The highest BCUT2D eigenvalue weighted by molar-refractivity contribution is 6.30. The molecule has 33 heavy (non-hydrogen) atoms. The molecule has 2 atom stereocenters. The molecule has 1 fully saturated rings. The summed E-state index contributed by atoms with van der Waals surface area (Å²) in [5.74, 6) is 1.59. The van der Waals surface area contributed by atoms with E-state index in [-0.39, 0.29) is 17.9 Å². The lowest BCUT2D eigenvalue weighted by Crippen LogP contribution is -2.51. The van der Waals surface area contributed by atoms with Gasteiger partial charge in [-0.3, -0.25) is 4.79 Å². The van der Waals surface area contributed by atoms with Gasteiger partial charge in [0, 0.05) is 19.2 Å². The van der Waals surface area contributed by atoms with Gasteiger partial charge < -0.3 is 19.7 Å². The van der Waals surface area contributed by atoms with Crippen molar-refractivity contribution >= 4 is 23.5 Å². The van der Waals surface area contributed by atoms with E-state index in [1.54, 1.807) is 38.7 Å². The van der Waals surface area contributed by atoms with Crippen LogP contribution < -0.4 is 14.8 Å². The standard InChI is InChI=1S/C22H26ClN7O3/c1-14-5-4-8-29(18(14)13-26-22-24-11-15(23)12-25-22)21(31)16-9-19(32-2)20(33-3)10-17(16)30-27-6-7-28-30/h6-7,9-12,14,18H,4-5,8,13H2,1-3H3,(H,24,25,26)/t14-,18-/m1/s1. The number of hydrogen-bond donors (Lipinski definition) is 1. The first-order chi connectivity index (χ1) is 16.0. The van der Waals surface area contributed by atoms with Gasteiger partial charge in [-0.2, -0.15) is 15.0 Å². The van der Waals surface area contributed by atoms with Crippen LogP contribution >= 0.6 is 11.6 Å². The molecule has 0 aliphatic carbocycles. The highest BCUT2D eigenvalue weighted by Crippen LogP contribution is 2.34. The van der Waals surface area contributed by atoms with Gasteiger partial charge in [-0.15, -0.1) is 0 Å². The van der Waals surface area contributed by atoms with E-state index < -0.39 is 0 Å². The van der Waals surface area contributed by atoms with Gasteiger partial charge in [-0.05, 0) is 24.8 Å². The predicted octanol–water partition coefficient (Wildman–Crippen LogP) is 3.08. The minimum Gasteiger partial charge on any atom is -0.493 e. The Morgan fingerprint density at radius 3 is 2.48 bits per heavy atom. The number of methoxy groups -OCH3 is 2. The number of aromatic nitrogens is 5. The number of carbonyl (C=O) groups is 1. The normalized spacial score (nSPS) is 18.1. The first kappa shape index (κ1) is 22.8. The molecule has 3 aromatic rings. The van der Waals surface area contributed by atoms with Gasteiger partial charge in [-0.1, -0.05) is 18.5 Å². The second-order valence-corrected chi connectivity index (χ2v) is 8.27. The summed E-state index contributed by atoms with van der Waals surface area (Å²) < 4.78 is 10.9. The van der Waals surface area contributed by atoms with Crippen LogP contribution in [0, 0.1) is 5.92 Å². The quantitative estimate of drug-likeness (QED) is 0.560. The molecule has 1 aromatic carbocycles. The summed E-state index contributed by atoms with van der Waals surface area (Å²) in [6, 6.07) is 3.34. The molecule has 0 spiro atoms. The maximum atomic E-state index is 13.9. The molecule has 1 N–H and O–H groups in total. The third-order valence-corrected chi connectivity index (χ3v) is 6.03. The highest BCUT2D eigenvalue weighted by Gasteiger charge is 2.34. The Balaban J connectivity index is 1.66. The first-order valence-electron chi connectivity index (χ1n) is 10.7. The summed E-state index contributed by atoms with van der Waals surface area (Å²) in [6.07, 6.45) is 8.15. The van der Waals surface area contributed by atoms with Gasteiger partial charge in [0.2, 0.25) is 5.95 Å². The summed E-state index contributed by atoms with van der Waals surface area (Å²) in [6.45, 7) is 3.30. The molecular weight excluding hydrogens is 446 g/mol. The molecule has 1 amide bonds. The van der Waals surface area contributed by atoms with Crippen molar-refractivity contribution in [2.45, 2.75) is 25.8 Å². The molecular formula is C22H26ClN7O3. The van der Waals surface area contributed by atoms with Gasteiger partial charge in [0.25, 0.3) is 5.91 Å². The third kappa shape index (κ3) is 4.85. The van der Waals surface area contributed by atoms with Crippen LogP contribution in [0.25, 0.3) is 5.69 Å². The van der Waals surface area contributed by atoms with Crippen molar-refractivity contribution in [1.29, 1.82) is 0 Å². The van der Waals surface area contributed by atoms with Crippen molar-refractivity contribution in [1.82, 2.24) is 29.9 Å². The first-order valence-corrected chi connectivity index (χ1v) is 11.0. The Labute approximate surface area is 196 Å². The molecule has 0 bridgehead atoms. The molecule has 10 nitrogen and oxygen atoms in total. The van der Waals surface area contributed by atoms with Crippen molar-refractivity contribution < 1.29 is 14.3 Å². The zero-order valence-corrected chi connectivity index (χ0v) is 19.5. The number of hydrogen-bond acceptors (Lipinski definition) is 8. The lowest BCUT2D eigenvalue weighted by molar-refractivity contribution is 0.0539. The molecule has 174 valence electrons. The fourth-order valence-corrected chi connectivity index (χ4v) is 4.21. The Morgan fingerprint density at radius 2 is 1.82 bits per heavy atom. The average molecular weight is 472 g/mol. The summed E-state index contributed by atoms with van der Waals surface area (Å²) in [5.41, 5.74) is 0.958. The van der Waals surface area contributed by atoms with Crippen LogP contribution in [0.5, 0.6) is 11.5 Å². The number of carbonyl (C=O) groups excluding carboxylic acids is 1. The van der Waals surface area contributed by atoms with E-state index in [1.165, 1.54) is 17.2 Å². The Bertz CT molecular complexity index is 1090. The topological polar surface area (TPSA) is 107 Å². The number of rotatable bonds is 7. The van der Waals surface area contributed by atoms with Crippen LogP contribution in [0.1, 0.15) is 30.1 Å². The van der Waals surface area contributed by atoms with E-state index in [0.29, 0.717) is 46.8 Å². The monoisotopic (exact) mass is 471 g/mol.